The molecule has 1 unspecified atom stereocenters. The first-order valence-corrected chi connectivity index (χ1v) is 9.80. The van der Waals surface area contributed by atoms with E-state index in [1.807, 2.05) is 41.1 Å². The number of hydrogen-bond acceptors (Lipinski definition) is 7. The summed E-state index contributed by atoms with van der Waals surface area (Å²) in [5.41, 5.74) is 4.03. The maximum atomic E-state index is 12.0. The van der Waals surface area contributed by atoms with E-state index in [4.69, 9.17) is 5.84 Å². The maximum absolute atomic E-state index is 12.0. The zero-order valence-electron chi connectivity index (χ0n) is 15.7. The minimum atomic E-state index is -0.584. The molecule has 5 N–H and O–H groups in total. The normalized spacial score (nSPS) is 14.4. The summed E-state index contributed by atoms with van der Waals surface area (Å²) >= 11 is 1.69. The lowest BCUT2D eigenvalue weighted by molar-refractivity contribution is -0.384. The third-order valence-electron chi connectivity index (χ3n) is 4.30. The van der Waals surface area contributed by atoms with E-state index in [1.54, 1.807) is 11.3 Å². The molecule has 0 spiro atoms. The number of para-hydroxylation sites is 1. The molecule has 2 heterocycles. The third kappa shape index (κ3) is 5.19. The number of anilines is 2. The van der Waals surface area contributed by atoms with Gasteiger partial charge in [-0.25, -0.2) is 10.6 Å². The molecule has 0 fully saturated rings. The van der Waals surface area contributed by atoms with Crippen molar-refractivity contribution in [3.05, 3.63) is 86.6 Å². The third-order valence-corrected chi connectivity index (χ3v) is 5.29. The van der Waals surface area contributed by atoms with Crippen molar-refractivity contribution in [3.63, 3.8) is 0 Å². The molecular weight excluding hydrogens is 406 g/mol. The first kappa shape index (κ1) is 21.0. The van der Waals surface area contributed by atoms with Gasteiger partial charge in [-0.3, -0.25) is 20.3 Å². The number of hydrogen-bond donors (Lipinski definition) is 4. The van der Waals surface area contributed by atoms with Crippen molar-refractivity contribution in [3.8, 4) is 0 Å². The molecule has 2 amide bonds. The topological polar surface area (TPSA) is 139 Å². The monoisotopic (exact) mass is 425 g/mol. The molecule has 10 heteroatoms. The van der Waals surface area contributed by atoms with Crippen LogP contribution >= 0.6 is 11.3 Å². The minimum absolute atomic E-state index is 0.0382. The van der Waals surface area contributed by atoms with Crippen LogP contribution in [0.15, 0.2) is 66.0 Å². The molecule has 0 saturated carbocycles. The Hall–Kier alpha value is -3.76. The van der Waals surface area contributed by atoms with Gasteiger partial charge in [0.15, 0.2) is 5.78 Å². The van der Waals surface area contributed by atoms with Gasteiger partial charge < -0.3 is 10.6 Å². The Morgan fingerprint density at radius 2 is 1.87 bits per heavy atom. The predicted octanol–water partition coefficient (Wildman–Crippen LogP) is 4.08. The molecule has 0 radical (unpaired) electrons. The Kier molecular flexibility index (Phi) is 6.73. The molecule has 4 rings (SSSR count). The summed E-state index contributed by atoms with van der Waals surface area (Å²) in [6.45, 7) is 0. The first-order chi connectivity index (χ1) is 14.5. The summed E-state index contributed by atoms with van der Waals surface area (Å²) in [7, 11) is 0. The Balaban J connectivity index is 0.000000173. The minimum Gasteiger partial charge on any atom is -0.376 e. The van der Waals surface area contributed by atoms with E-state index in [9.17, 15) is 19.7 Å². The van der Waals surface area contributed by atoms with Crippen LogP contribution in [0.3, 0.4) is 0 Å². The number of nitrogens with one attached hydrogen (secondary N) is 3. The molecule has 9 nitrogen and oxygen atoms in total. The van der Waals surface area contributed by atoms with E-state index in [0.717, 1.165) is 11.3 Å². The Morgan fingerprint density at radius 1 is 1.13 bits per heavy atom. The second-order valence-electron chi connectivity index (χ2n) is 6.29. The fourth-order valence-corrected chi connectivity index (χ4v) is 3.66. The largest absolute Gasteiger partial charge is 0.376 e. The van der Waals surface area contributed by atoms with Gasteiger partial charge in [-0.05, 0) is 35.7 Å². The molecule has 30 heavy (non-hydrogen) atoms. The lowest BCUT2D eigenvalue weighted by Gasteiger charge is -2.25. The maximum Gasteiger partial charge on any atom is 0.333 e. The molecule has 0 aliphatic carbocycles. The number of hydrazine groups is 1. The van der Waals surface area contributed by atoms with Crippen LogP contribution in [-0.2, 0) is 0 Å². The van der Waals surface area contributed by atoms with Gasteiger partial charge in [0, 0.05) is 40.4 Å². The van der Waals surface area contributed by atoms with Crippen molar-refractivity contribution in [2.24, 2.45) is 5.84 Å². The number of amides is 2. The van der Waals surface area contributed by atoms with Crippen molar-refractivity contribution in [2.45, 2.75) is 12.5 Å². The Bertz CT molecular complexity index is 1040. The van der Waals surface area contributed by atoms with Crippen molar-refractivity contribution in [1.82, 2.24) is 5.43 Å². The first-order valence-electron chi connectivity index (χ1n) is 8.92. The van der Waals surface area contributed by atoms with Crippen molar-refractivity contribution in [2.75, 3.05) is 10.6 Å². The van der Waals surface area contributed by atoms with Crippen LogP contribution < -0.4 is 21.9 Å². The van der Waals surface area contributed by atoms with E-state index in [-0.39, 0.29) is 17.5 Å². The van der Waals surface area contributed by atoms with Crippen molar-refractivity contribution in [1.29, 1.82) is 0 Å². The number of urea groups is 1. The predicted molar refractivity (Wildman–Crippen MR) is 116 cm³/mol. The van der Waals surface area contributed by atoms with Crippen LogP contribution in [0, 0.1) is 10.1 Å². The highest BCUT2D eigenvalue weighted by Gasteiger charge is 2.25. The molecule has 1 aromatic heterocycles. The lowest BCUT2D eigenvalue weighted by Crippen LogP contribution is -2.34. The molecular formula is C20H19N5O4S. The van der Waals surface area contributed by atoms with E-state index in [1.165, 1.54) is 29.1 Å². The molecule has 1 aliphatic rings. The summed E-state index contributed by atoms with van der Waals surface area (Å²) < 4.78 is 0. The molecule has 154 valence electrons. The molecule has 1 aliphatic heterocycles. The number of ketones is 1. The molecule has 0 bridgehead atoms. The van der Waals surface area contributed by atoms with Gasteiger partial charge in [0.1, 0.15) is 0 Å². The number of benzene rings is 2. The fraction of sp³-hybridized carbons (Fsp3) is 0.100. The van der Waals surface area contributed by atoms with Gasteiger partial charge in [-0.2, -0.15) is 0 Å². The number of Topliss-reactive ketones (excluding diaryl/α,β-unsaturated/α-hetero) is 1. The van der Waals surface area contributed by atoms with E-state index >= 15 is 0 Å². The van der Waals surface area contributed by atoms with Crippen LogP contribution in [-0.4, -0.2) is 16.7 Å². The summed E-state index contributed by atoms with van der Waals surface area (Å²) in [5.74, 6) is 5.06. The Labute approximate surface area is 176 Å². The van der Waals surface area contributed by atoms with E-state index in [2.05, 4.69) is 16.7 Å². The van der Waals surface area contributed by atoms with Gasteiger partial charge in [-0.15, -0.1) is 11.3 Å². The number of carbonyl (C=O) groups is 2. The van der Waals surface area contributed by atoms with Crippen LogP contribution in [0.4, 0.5) is 21.9 Å². The average Bonchev–Trinajstić information content (AvgIpc) is 3.29. The summed E-state index contributed by atoms with van der Waals surface area (Å²) in [5, 5.41) is 18.1. The van der Waals surface area contributed by atoms with Gasteiger partial charge in [0.05, 0.1) is 11.0 Å². The number of nitro groups is 1. The highest BCUT2D eigenvalue weighted by Crippen LogP contribution is 2.34. The zero-order valence-corrected chi connectivity index (χ0v) is 16.5. The number of nitrogens with zero attached hydrogens (tertiary/aromatic N) is 1. The number of thiophene rings is 1. The van der Waals surface area contributed by atoms with Crippen molar-refractivity contribution >= 4 is 40.2 Å². The quantitative estimate of drug-likeness (QED) is 0.216. The van der Waals surface area contributed by atoms with Crippen molar-refractivity contribution < 1.29 is 14.5 Å². The highest BCUT2D eigenvalue weighted by molar-refractivity contribution is 7.10. The standard InChI is InChI=1S/C13H11NOS.C7H8N4O3/c15-12-8-11(13-6-3-7-16-13)14-10-5-2-1-4-9(10)12;8-10-7(12)9-5-1-3-6(4-2-5)11(13)14/h1-7,11,14H,8H2;1-4H,8H2,(H2,9,10,12). The zero-order chi connectivity index (χ0) is 21.5. The number of carbonyl (C=O) groups excluding carboxylic acids is 2. The molecule has 3 aromatic rings. The number of rotatable bonds is 3. The number of nitro benzene ring substituents is 1. The van der Waals surface area contributed by atoms with E-state index < -0.39 is 11.0 Å². The lowest BCUT2D eigenvalue weighted by atomic mass is 9.96. The number of non-ortho nitro benzene ring substituents is 1. The van der Waals surface area contributed by atoms with Crippen LogP contribution in [0.2, 0.25) is 0 Å². The van der Waals surface area contributed by atoms with Crippen LogP contribution in [0.5, 0.6) is 0 Å². The molecule has 1 atom stereocenters. The fourth-order valence-electron chi connectivity index (χ4n) is 2.88. The highest BCUT2D eigenvalue weighted by atomic mass is 32.1. The van der Waals surface area contributed by atoms with Gasteiger partial charge in [-0.1, -0.05) is 18.2 Å². The second kappa shape index (κ2) is 9.63. The SMILES string of the molecule is NNC(=O)Nc1ccc([N+](=O)[O-])cc1.O=C1CC(c2cccs2)Nc2ccccc21. The average molecular weight is 425 g/mol. The van der Waals surface area contributed by atoms with E-state index in [0.29, 0.717) is 12.1 Å². The summed E-state index contributed by atoms with van der Waals surface area (Å²) in [4.78, 5) is 33.7. The number of nitrogens with two attached hydrogens (primary N) is 1. The smallest absolute Gasteiger partial charge is 0.333 e. The second-order valence-corrected chi connectivity index (χ2v) is 7.27. The summed E-state index contributed by atoms with van der Waals surface area (Å²) in [6.07, 6.45) is 0.553. The number of fused-ring (bicyclic) bond motifs is 1. The van der Waals surface area contributed by atoms with Crippen LogP contribution in [0.25, 0.3) is 0 Å². The van der Waals surface area contributed by atoms with Gasteiger partial charge >= 0.3 is 6.03 Å². The van der Waals surface area contributed by atoms with Crippen LogP contribution in [0.1, 0.15) is 27.7 Å². The molecule has 0 saturated heterocycles. The molecule has 2 aromatic carbocycles. The van der Waals surface area contributed by atoms with Gasteiger partial charge in [0.2, 0.25) is 0 Å². The summed E-state index contributed by atoms with van der Waals surface area (Å²) in [6, 6.07) is 16.7. The van der Waals surface area contributed by atoms with Gasteiger partial charge in [0.25, 0.3) is 5.69 Å². The Morgan fingerprint density at radius 3 is 2.50 bits per heavy atom.